The number of hydrogen-bond acceptors (Lipinski definition) is 7. The van der Waals surface area contributed by atoms with Crippen LogP contribution in [0.15, 0.2) is 27.8 Å². The number of nitriles is 1. The van der Waals surface area contributed by atoms with Crippen molar-refractivity contribution in [3.8, 4) is 16.6 Å². The van der Waals surface area contributed by atoms with Crippen LogP contribution in [-0.2, 0) is 0 Å². The van der Waals surface area contributed by atoms with Gasteiger partial charge in [-0.25, -0.2) is 9.97 Å². The molecule has 0 aliphatic heterocycles. The highest BCUT2D eigenvalue weighted by atomic mass is 32.2. The lowest BCUT2D eigenvalue weighted by Gasteiger charge is -2.03. The molecule has 132 valence electrons. The summed E-state index contributed by atoms with van der Waals surface area (Å²) in [7, 11) is 0. The molecular formula is C18H16N4OS3. The lowest BCUT2D eigenvalue weighted by Crippen LogP contribution is -2.12. The molecule has 5 nitrogen and oxygen atoms in total. The monoisotopic (exact) mass is 400 g/mol. The summed E-state index contributed by atoms with van der Waals surface area (Å²) in [5.74, 6) is 0.0877. The molecule has 0 saturated carbocycles. The molecule has 0 aliphatic rings. The summed E-state index contributed by atoms with van der Waals surface area (Å²) in [6, 6.07) is 8.28. The van der Waals surface area contributed by atoms with Crippen molar-refractivity contribution in [3.05, 3.63) is 46.1 Å². The number of aryl methyl sites for hydroxylation is 3. The van der Waals surface area contributed by atoms with Crippen molar-refractivity contribution in [2.24, 2.45) is 0 Å². The maximum atomic E-state index is 12.5. The lowest BCUT2D eigenvalue weighted by atomic mass is 10.1. The van der Waals surface area contributed by atoms with Crippen molar-refractivity contribution in [1.29, 1.82) is 5.26 Å². The Labute approximate surface area is 164 Å². The van der Waals surface area contributed by atoms with Gasteiger partial charge in [0.25, 0.3) is 5.91 Å². The van der Waals surface area contributed by atoms with E-state index in [2.05, 4.69) is 34.3 Å². The van der Waals surface area contributed by atoms with Crippen LogP contribution in [0.2, 0.25) is 0 Å². The molecule has 0 saturated heterocycles. The second-order valence-electron chi connectivity index (χ2n) is 5.65. The minimum atomic E-state index is -0.275. The van der Waals surface area contributed by atoms with Crippen LogP contribution < -0.4 is 5.32 Å². The van der Waals surface area contributed by atoms with Crippen LogP contribution in [0.25, 0.3) is 10.6 Å². The zero-order valence-electron chi connectivity index (χ0n) is 14.5. The van der Waals surface area contributed by atoms with Gasteiger partial charge < -0.3 is 0 Å². The van der Waals surface area contributed by atoms with Gasteiger partial charge in [0.15, 0.2) is 5.13 Å². The molecule has 0 radical (unpaired) electrons. The Morgan fingerprint density at radius 2 is 2.12 bits per heavy atom. The molecule has 0 aliphatic carbocycles. The Balaban J connectivity index is 1.75. The molecule has 0 atom stereocenters. The first-order valence-corrected chi connectivity index (χ1v) is 10.5. The number of nitrogens with zero attached hydrogens (tertiary/aromatic N) is 3. The lowest BCUT2D eigenvalue weighted by molar-refractivity contribution is 0.102. The Morgan fingerprint density at radius 3 is 2.85 bits per heavy atom. The maximum absolute atomic E-state index is 12.5. The summed E-state index contributed by atoms with van der Waals surface area (Å²) < 4.78 is 0.941. The number of amides is 1. The first-order valence-electron chi connectivity index (χ1n) is 7.79. The van der Waals surface area contributed by atoms with Gasteiger partial charge in [-0.1, -0.05) is 46.9 Å². The van der Waals surface area contributed by atoms with E-state index in [1.165, 1.54) is 40.0 Å². The van der Waals surface area contributed by atoms with Crippen LogP contribution in [0.5, 0.6) is 0 Å². The first kappa shape index (κ1) is 18.6. The minimum Gasteiger partial charge on any atom is -0.296 e. The molecular weight excluding hydrogens is 384 g/mol. The molecule has 3 rings (SSSR count). The van der Waals surface area contributed by atoms with Gasteiger partial charge >= 0.3 is 0 Å². The van der Waals surface area contributed by atoms with E-state index < -0.39 is 0 Å². The number of carbonyl (C=O) groups is 1. The van der Waals surface area contributed by atoms with E-state index in [0.717, 1.165) is 26.0 Å². The number of aromatic nitrogens is 2. The third kappa shape index (κ3) is 4.12. The number of benzene rings is 1. The molecule has 1 N–H and O–H groups in total. The van der Waals surface area contributed by atoms with Gasteiger partial charge in [0.1, 0.15) is 10.7 Å². The number of hydrogen-bond donors (Lipinski definition) is 1. The van der Waals surface area contributed by atoms with Crippen LogP contribution in [0, 0.1) is 32.1 Å². The molecule has 2 aromatic heterocycles. The van der Waals surface area contributed by atoms with E-state index >= 15 is 0 Å². The first-order chi connectivity index (χ1) is 12.5. The Hall–Kier alpha value is -2.21. The van der Waals surface area contributed by atoms with Crippen molar-refractivity contribution in [2.75, 3.05) is 11.1 Å². The number of nitrogens with one attached hydrogen (secondary N) is 1. The summed E-state index contributed by atoms with van der Waals surface area (Å²) in [4.78, 5) is 21.3. The fraction of sp³-hybridized carbons (Fsp3) is 0.222. The van der Waals surface area contributed by atoms with Crippen LogP contribution in [-0.4, -0.2) is 21.6 Å². The third-order valence-electron chi connectivity index (χ3n) is 3.59. The van der Waals surface area contributed by atoms with Crippen LogP contribution >= 0.6 is 34.4 Å². The van der Waals surface area contributed by atoms with Gasteiger partial charge in [-0.15, -0.1) is 11.3 Å². The van der Waals surface area contributed by atoms with Gasteiger partial charge in [-0.05, 0) is 26.3 Å². The molecule has 0 fully saturated rings. The molecule has 0 bridgehead atoms. The van der Waals surface area contributed by atoms with Crippen LogP contribution in [0.3, 0.4) is 0 Å². The van der Waals surface area contributed by atoms with Crippen molar-refractivity contribution in [1.82, 2.24) is 9.97 Å². The number of rotatable bonds is 5. The molecule has 8 heteroatoms. The molecule has 2 heterocycles. The largest absolute Gasteiger partial charge is 0.296 e. The van der Waals surface area contributed by atoms with E-state index in [1.807, 2.05) is 26.0 Å². The topological polar surface area (TPSA) is 78.7 Å². The molecule has 0 spiro atoms. The molecule has 1 amide bonds. The van der Waals surface area contributed by atoms with E-state index in [4.69, 9.17) is 5.26 Å². The van der Waals surface area contributed by atoms with Gasteiger partial charge in [-0.2, -0.15) is 5.26 Å². The van der Waals surface area contributed by atoms with Gasteiger partial charge in [-0.3, -0.25) is 10.1 Å². The number of anilines is 1. The Bertz CT molecular complexity index is 1000. The second kappa shape index (κ2) is 7.99. The van der Waals surface area contributed by atoms with Gasteiger partial charge in [0.05, 0.1) is 21.7 Å². The third-order valence-corrected chi connectivity index (χ3v) is 6.77. The van der Waals surface area contributed by atoms with Crippen molar-refractivity contribution in [2.45, 2.75) is 25.0 Å². The predicted molar refractivity (Wildman–Crippen MR) is 108 cm³/mol. The second-order valence-corrected chi connectivity index (χ2v) is 8.75. The standard InChI is InChI=1S/C18H16N4OS3/c1-10-4-5-13(11(2)8-10)16-21-14(9-25-16)15(23)22-18-20-12(3)17(26-18)24-7-6-19/h4-5,8-9H,7H2,1-3H3,(H,20,22,23). The van der Waals surface area contributed by atoms with Crippen LogP contribution in [0.4, 0.5) is 5.13 Å². The Morgan fingerprint density at radius 1 is 1.31 bits per heavy atom. The van der Waals surface area contributed by atoms with Gasteiger partial charge in [0.2, 0.25) is 0 Å². The number of thiazole rings is 2. The average Bonchev–Trinajstić information content (AvgIpc) is 3.20. The summed E-state index contributed by atoms with van der Waals surface area (Å²) in [5, 5.41) is 14.6. The number of carbonyl (C=O) groups excluding carboxylic acids is 1. The van der Waals surface area contributed by atoms with E-state index in [9.17, 15) is 4.79 Å². The summed E-state index contributed by atoms with van der Waals surface area (Å²) >= 11 is 4.25. The quantitative estimate of drug-likeness (QED) is 0.606. The summed E-state index contributed by atoms with van der Waals surface area (Å²) in [6.07, 6.45) is 0. The fourth-order valence-corrected chi connectivity index (χ4v) is 5.07. The smallest absolute Gasteiger partial charge is 0.276 e. The van der Waals surface area contributed by atoms with Crippen molar-refractivity contribution in [3.63, 3.8) is 0 Å². The normalized spacial score (nSPS) is 10.5. The number of thioether (sulfide) groups is 1. The van der Waals surface area contributed by atoms with Crippen LogP contribution in [0.1, 0.15) is 27.3 Å². The predicted octanol–water partition coefficient (Wildman–Crippen LogP) is 5.06. The summed E-state index contributed by atoms with van der Waals surface area (Å²) in [5.41, 5.74) is 4.58. The molecule has 0 unspecified atom stereocenters. The average molecular weight is 401 g/mol. The zero-order valence-corrected chi connectivity index (χ0v) is 16.9. The Kier molecular flexibility index (Phi) is 5.71. The van der Waals surface area contributed by atoms with E-state index in [1.54, 1.807) is 5.38 Å². The van der Waals surface area contributed by atoms with Gasteiger partial charge in [0, 0.05) is 10.9 Å². The van der Waals surface area contributed by atoms with E-state index in [0.29, 0.717) is 16.6 Å². The molecule has 1 aromatic carbocycles. The fourth-order valence-electron chi connectivity index (χ4n) is 2.38. The molecule has 26 heavy (non-hydrogen) atoms. The SMILES string of the molecule is Cc1ccc(-c2nc(C(=O)Nc3nc(C)c(SCC#N)s3)cs2)c(C)c1. The summed E-state index contributed by atoms with van der Waals surface area (Å²) in [6.45, 7) is 5.96. The van der Waals surface area contributed by atoms with E-state index in [-0.39, 0.29) is 5.91 Å². The molecule has 3 aromatic rings. The highest BCUT2D eigenvalue weighted by Gasteiger charge is 2.16. The maximum Gasteiger partial charge on any atom is 0.276 e. The highest BCUT2D eigenvalue weighted by molar-refractivity contribution is 8.01. The minimum absolute atomic E-state index is 0.275. The van der Waals surface area contributed by atoms with Crippen molar-refractivity contribution < 1.29 is 4.79 Å². The van der Waals surface area contributed by atoms with Crippen molar-refractivity contribution >= 4 is 45.5 Å². The highest BCUT2D eigenvalue weighted by Crippen LogP contribution is 2.32. The zero-order chi connectivity index (χ0) is 18.7.